The normalized spacial score (nSPS) is 12.1. The lowest BCUT2D eigenvalue weighted by molar-refractivity contribution is 0.0279. The molecule has 0 bridgehead atoms. The molecule has 0 N–H and O–H groups in total. The third-order valence-electron chi connectivity index (χ3n) is 3.63. The summed E-state index contributed by atoms with van der Waals surface area (Å²) < 4.78 is 11.0. The minimum absolute atomic E-state index is 0.284. The highest BCUT2D eigenvalue weighted by molar-refractivity contribution is 7.13. The summed E-state index contributed by atoms with van der Waals surface area (Å²) in [5.41, 5.74) is 2.51. The van der Waals surface area contributed by atoms with E-state index < -0.39 is 12.1 Å². The zero-order chi connectivity index (χ0) is 16.4. The number of thiophene rings is 1. The van der Waals surface area contributed by atoms with Crippen molar-refractivity contribution in [2.45, 2.75) is 26.9 Å². The van der Waals surface area contributed by atoms with Crippen LogP contribution in [-0.4, -0.2) is 16.2 Å². The molecule has 2 aromatic heterocycles. The summed E-state index contributed by atoms with van der Waals surface area (Å²) in [6, 6.07) is 9.36. The number of hydrogen-bond donors (Lipinski definition) is 0. The largest absolute Gasteiger partial charge is 0.449 e. The third kappa shape index (κ3) is 3.17. The van der Waals surface area contributed by atoms with E-state index in [0.29, 0.717) is 11.5 Å². The van der Waals surface area contributed by atoms with Gasteiger partial charge in [-0.2, -0.15) is 0 Å². The fraction of sp³-hybridized carbons (Fsp3) is 0.235. The fourth-order valence-electron chi connectivity index (χ4n) is 2.15. The summed E-state index contributed by atoms with van der Waals surface area (Å²) >= 11 is 1.51. The van der Waals surface area contributed by atoms with E-state index in [-0.39, 0.29) is 5.89 Å². The lowest BCUT2D eigenvalue weighted by atomic mass is 10.0. The third-order valence-corrected chi connectivity index (χ3v) is 4.49. The topological polar surface area (TPSA) is 65.2 Å². The van der Waals surface area contributed by atoms with Crippen LogP contribution in [-0.2, 0) is 4.74 Å². The zero-order valence-corrected chi connectivity index (χ0v) is 13.9. The van der Waals surface area contributed by atoms with Crippen molar-refractivity contribution in [1.29, 1.82) is 0 Å². The van der Waals surface area contributed by atoms with Gasteiger partial charge in [-0.15, -0.1) is 21.5 Å². The van der Waals surface area contributed by atoms with Crippen molar-refractivity contribution in [2.75, 3.05) is 0 Å². The Bertz CT molecular complexity index is 824. The summed E-state index contributed by atoms with van der Waals surface area (Å²) in [5, 5.41) is 9.90. The first kappa shape index (κ1) is 15.4. The predicted octanol–water partition coefficient (Wildman–Crippen LogP) is 4.33. The molecule has 0 radical (unpaired) electrons. The SMILES string of the molecule is Cc1cccc(C(=O)O[C@H](C)c2nnc(-c3cccs3)o2)c1C. The van der Waals surface area contributed by atoms with Gasteiger partial charge in [-0.3, -0.25) is 0 Å². The highest BCUT2D eigenvalue weighted by Gasteiger charge is 2.21. The van der Waals surface area contributed by atoms with Crippen LogP contribution in [0.3, 0.4) is 0 Å². The molecule has 5 nitrogen and oxygen atoms in total. The van der Waals surface area contributed by atoms with Crippen LogP contribution in [0.5, 0.6) is 0 Å². The lowest BCUT2D eigenvalue weighted by Crippen LogP contribution is -2.11. The number of rotatable bonds is 4. The van der Waals surface area contributed by atoms with Gasteiger partial charge in [0.05, 0.1) is 10.4 Å². The van der Waals surface area contributed by atoms with Gasteiger partial charge in [0.1, 0.15) is 0 Å². The number of nitrogens with zero attached hydrogens (tertiary/aromatic N) is 2. The van der Waals surface area contributed by atoms with Gasteiger partial charge in [-0.25, -0.2) is 4.79 Å². The molecule has 2 heterocycles. The van der Waals surface area contributed by atoms with E-state index in [0.717, 1.165) is 16.0 Å². The molecule has 0 saturated carbocycles. The molecule has 118 valence electrons. The summed E-state index contributed by atoms with van der Waals surface area (Å²) in [6.45, 7) is 5.58. The number of esters is 1. The first-order valence-electron chi connectivity index (χ1n) is 7.20. The second kappa shape index (κ2) is 6.34. The Morgan fingerprint density at radius 3 is 2.78 bits per heavy atom. The lowest BCUT2D eigenvalue weighted by Gasteiger charge is -2.12. The van der Waals surface area contributed by atoms with Gasteiger partial charge in [0.2, 0.25) is 0 Å². The van der Waals surface area contributed by atoms with Crippen LogP contribution in [0.2, 0.25) is 0 Å². The van der Waals surface area contributed by atoms with Crippen LogP contribution in [0.15, 0.2) is 40.1 Å². The monoisotopic (exact) mass is 328 g/mol. The Kier molecular flexibility index (Phi) is 4.25. The predicted molar refractivity (Wildman–Crippen MR) is 87.4 cm³/mol. The Morgan fingerprint density at radius 1 is 1.22 bits per heavy atom. The van der Waals surface area contributed by atoms with E-state index in [1.807, 2.05) is 43.5 Å². The molecule has 0 aliphatic rings. The zero-order valence-electron chi connectivity index (χ0n) is 13.1. The summed E-state index contributed by atoms with van der Waals surface area (Å²) in [4.78, 5) is 13.2. The molecule has 23 heavy (non-hydrogen) atoms. The van der Waals surface area contributed by atoms with Crippen molar-refractivity contribution in [3.63, 3.8) is 0 Å². The Labute approximate surface area is 137 Å². The van der Waals surface area contributed by atoms with Crippen LogP contribution in [0, 0.1) is 13.8 Å². The van der Waals surface area contributed by atoms with E-state index in [4.69, 9.17) is 9.15 Å². The standard InChI is InChI=1S/C17H16N2O3S/c1-10-6-4-7-13(11(10)2)17(20)21-12(3)15-18-19-16(22-15)14-8-5-9-23-14/h4-9,12H,1-3H3/t12-/m1/s1. The van der Waals surface area contributed by atoms with Crippen molar-refractivity contribution in [3.8, 4) is 10.8 Å². The van der Waals surface area contributed by atoms with Crippen molar-refractivity contribution in [3.05, 3.63) is 58.3 Å². The van der Waals surface area contributed by atoms with Gasteiger partial charge >= 0.3 is 5.97 Å². The molecule has 0 fully saturated rings. The smallest absolute Gasteiger partial charge is 0.339 e. The minimum Gasteiger partial charge on any atom is -0.449 e. The molecule has 0 amide bonds. The average molecular weight is 328 g/mol. The molecule has 0 unspecified atom stereocenters. The van der Waals surface area contributed by atoms with E-state index in [1.165, 1.54) is 11.3 Å². The van der Waals surface area contributed by atoms with Gasteiger partial charge in [-0.1, -0.05) is 18.2 Å². The molecule has 0 spiro atoms. The average Bonchev–Trinajstić information content (AvgIpc) is 3.20. The van der Waals surface area contributed by atoms with E-state index in [1.54, 1.807) is 13.0 Å². The second-order valence-corrected chi connectivity index (χ2v) is 6.17. The quantitative estimate of drug-likeness (QED) is 0.667. The molecule has 0 aliphatic carbocycles. The molecule has 1 atom stereocenters. The van der Waals surface area contributed by atoms with Gasteiger partial charge in [0.25, 0.3) is 11.8 Å². The molecule has 3 aromatic rings. The number of aromatic nitrogens is 2. The van der Waals surface area contributed by atoms with Crippen molar-refractivity contribution in [1.82, 2.24) is 10.2 Å². The maximum Gasteiger partial charge on any atom is 0.339 e. The summed E-state index contributed by atoms with van der Waals surface area (Å²) in [6.07, 6.45) is -0.608. The van der Waals surface area contributed by atoms with Crippen LogP contribution in [0.25, 0.3) is 10.8 Å². The van der Waals surface area contributed by atoms with Gasteiger partial charge < -0.3 is 9.15 Å². The number of ether oxygens (including phenoxy) is 1. The maximum atomic E-state index is 12.3. The van der Waals surface area contributed by atoms with Crippen molar-refractivity contribution >= 4 is 17.3 Å². The van der Waals surface area contributed by atoms with Crippen LogP contribution >= 0.6 is 11.3 Å². The Morgan fingerprint density at radius 2 is 2.04 bits per heavy atom. The highest BCUT2D eigenvalue weighted by Crippen LogP contribution is 2.26. The van der Waals surface area contributed by atoms with Crippen molar-refractivity contribution in [2.24, 2.45) is 0 Å². The number of aryl methyl sites for hydroxylation is 1. The molecular weight excluding hydrogens is 312 g/mol. The molecule has 3 rings (SSSR count). The van der Waals surface area contributed by atoms with Crippen LogP contribution in [0.1, 0.15) is 40.4 Å². The Hall–Kier alpha value is -2.47. The van der Waals surface area contributed by atoms with E-state index >= 15 is 0 Å². The first-order chi connectivity index (χ1) is 11.1. The number of hydrogen-bond acceptors (Lipinski definition) is 6. The van der Waals surface area contributed by atoms with Gasteiger partial charge in [0, 0.05) is 0 Å². The molecular formula is C17H16N2O3S. The number of carbonyl (C=O) groups is 1. The minimum atomic E-state index is -0.608. The van der Waals surface area contributed by atoms with Gasteiger partial charge in [0.15, 0.2) is 6.10 Å². The Balaban J connectivity index is 1.75. The van der Waals surface area contributed by atoms with Crippen LogP contribution < -0.4 is 0 Å². The van der Waals surface area contributed by atoms with E-state index in [9.17, 15) is 4.79 Å². The van der Waals surface area contributed by atoms with Crippen LogP contribution in [0.4, 0.5) is 0 Å². The van der Waals surface area contributed by atoms with E-state index in [2.05, 4.69) is 10.2 Å². The molecule has 0 saturated heterocycles. The summed E-state index contributed by atoms with van der Waals surface area (Å²) in [5.74, 6) is 0.325. The first-order valence-corrected chi connectivity index (χ1v) is 8.08. The molecule has 6 heteroatoms. The molecule has 0 aliphatic heterocycles. The second-order valence-electron chi connectivity index (χ2n) is 5.22. The van der Waals surface area contributed by atoms with Gasteiger partial charge in [-0.05, 0) is 49.4 Å². The highest BCUT2D eigenvalue weighted by atomic mass is 32.1. The molecule has 1 aromatic carbocycles. The van der Waals surface area contributed by atoms with Crippen molar-refractivity contribution < 1.29 is 13.9 Å². The fourth-order valence-corrected chi connectivity index (χ4v) is 2.79. The number of carbonyl (C=O) groups excluding carboxylic acids is 1. The maximum absolute atomic E-state index is 12.3. The number of benzene rings is 1. The summed E-state index contributed by atoms with van der Waals surface area (Å²) in [7, 11) is 0.